The molecular weight excluding hydrogens is 438 g/mol. The maximum Gasteiger partial charge on any atom is 0.271 e. The fourth-order valence-electron chi connectivity index (χ4n) is 2.82. The van der Waals surface area contributed by atoms with E-state index < -0.39 is 26.8 Å². The van der Waals surface area contributed by atoms with Gasteiger partial charge in [0, 0.05) is 23.4 Å². The van der Waals surface area contributed by atoms with Crippen molar-refractivity contribution in [1.82, 2.24) is 0 Å². The Morgan fingerprint density at radius 2 is 1.56 bits per heavy atom. The molecule has 0 saturated heterocycles. The van der Waals surface area contributed by atoms with Crippen molar-refractivity contribution in [2.75, 3.05) is 10.0 Å². The lowest BCUT2D eigenvalue weighted by Gasteiger charge is -2.12. The number of carbonyl (C=O) groups excluding carboxylic acids is 2. The Morgan fingerprint density at radius 3 is 2.19 bits per heavy atom. The van der Waals surface area contributed by atoms with Crippen LogP contribution in [-0.4, -0.2) is 25.2 Å². The SMILES string of the molecule is Cc1ccc(C(=O)Nc2ccc(C(=O)[O-])cc2)cc1S(=O)(=O)Nc1cccc([N+](=O)[O-])c1. The third-order valence-corrected chi connectivity index (χ3v) is 5.95. The van der Waals surface area contributed by atoms with E-state index in [0.29, 0.717) is 11.3 Å². The number of anilines is 2. The van der Waals surface area contributed by atoms with Gasteiger partial charge in [0.15, 0.2) is 0 Å². The van der Waals surface area contributed by atoms with Gasteiger partial charge in [0.05, 0.1) is 21.5 Å². The second-order valence-electron chi connectivity index (χ2n) is 6.71. The highest BCUT2D eigenvalue weighted by atomic mass is 32.2. The van der Waals surface area contributed by atoms with E-state index in [9.17, 15) is 33.2 Å². The molecule has 0 heterocycles. The zero-order valence-electron chi connectivity index (χ0n) is 16.6. The van der Waals surface area contributed by atoms with Gasteiger partial charge in [0.2, 0.25) is 0 Å². The molecule has 0 aliphatic carbocycles. The van der Waals surface area contributed by atoms with Crippen LogP contribution < -0.4 is 15.1 Å². The van der Waals surface area contributed by atoms with Crippen LogP contribution in [-0.2, 0) is 10.0 Å². The number of sulfonamides is 1. The molecule has 3 rings (SSSR count). The van der Waals surface area contributed by atoms with Crippen molar-refractivity contribution in [1.29, 1.82) is 0 Å². The first-order valence-electron chi connectivity index (χ1n) is 9.07. The van der Waals surface area contributed by atoms with Gasteiger partial charge in [-0.25, -0.2) is 8.42 Å². The summed E-state index contributed by atoms with van der Waals surface area (Å²) in [5.41, 5.74) is 0.372. The van der Waals surface area contributed by atoms with Gasteiger partial charge < -0.3 is 15.2 Å². The second kappa shape index (κ2) is 8.86. The van der Waals surface area contributed by atoms with Crippen molar-refractivity contribution < 1.29 is 28.0 Å². The van der Waals surface area contributed by atoms with E-state index in [1.807, 2.05) is 0 Å². The van der Waals surface area contributed by atoms with E-state index in [0.717, 1.165) is 6.07 Å². The quantitative estimate of drug-likeness (QED) is 0.409. The van der Waals surface area contributed by atoms with Crippen molar-refractivity contribution in [3.8, 4) is 0 Å². The first-order chi connectivity index (χ1) is 15.1. The largest absolute Gasteiger partial charge is 0.545 e. The first-order valence-corrected chi connectivity index (χ1v) is 10.6. The standard InChI is InChI=1S/C21H17N3O7S/c1-13-5-6-15(20(25)22-16-9-7-14(8-10-16)21(26)27)11-19(13)32(30,31)23-17-3-2-4-18(12-17)24(28)29/h2-12,23H,1H3,(H,22,25)(H,26,27)/p-1. The number of nitrogens with zero attached hydrogens (tertiary/aromatic N) is 1. The van der Waals surface area contributed by atoms with Gasteiger partial charge in [0.1, 0.15) is 0 Å². The van der Waals surface area contributed by atoms with Gasteiger partial charge >= 0.3 is 0 Å². The molecule has 1 amide bonds. The molecule has 11 heteroatoms. The van der Waals surface area contributed by atoms with Crippen molar-refractivity contribution in [3.63, 3.8) is 0 Å². The zero-order chi connectivity index (χ0) is 23.5. The molecule has 0 aromatic heterocycles. The van der Waals surface area contributed by atoms with Crippen LogP contribution in [0.5, 0.6) is 0 Å². The number of carboxylic acids is 1. The summed E-state index contributed by atoms with van der Waals surface area (Å²) >= 11 is 0. The fraction of sp³-hybridized carbons (Fsp3) is 0.0476. The molecule has 0 atom stereocenters. The molecule has 2 N–H and O–H groups in total. The number of non-ortho nitro benzene ring substituents is 1. The first kappa shape index (κ1) is 22.4. The number of hydrogen-bond acceptors (Lipinski definition) is 7. The average Bonchev–Trinajstić information content (AvgIpc) is 2.74. The van der Waals surface area contributed by atoms with Gasteiger partial charge in [-0.2, -0.15) is 0 Å². The molecular formula is C21H16N3O7S-. The summed E-state index contributed by atoms with van der Waals surface area (Å²) in [4.78, 5) is 33.5. The predicted octanol–water partition coefficient (Wildman–Crippen LogP) is 2.32. The Hall–Kier alpha value is -4.25. The topological polar surface area (TPSA) is 159 Å². The fourth-order valence-corrected chi connectivity index (χ4v) is 4.14. The molecule has 0 spiro atoms. The molecule has 0 unspecified atom stereocenters. The van der Waals surface area contributed by atoms with Crippen molar-refractivity contribution >= 4 is 39.0 Å². The predicted molar refractivity (Wildman–Crippen MR) is 114 cm³/mol. The van der Waals surface area contributed by atoms with Gasteiger partial charge in [-0.15, -0.1) is 0 Å². The number of nitro groups is 1. The van der Waals surface area contributed by atoms with Crippen LogP contribution in [0.3, 0.4) is 0 Å². The van der Waals surface area contributed by atoms with E-state index in [1.165, 1.54) is 60.7 Å². The minimum absolute atomic E-state index is 0.00136. The normalized spacial score (nSPS) is 10.9. The highest BCUT2D eigenvalue weighted by Crippen LogP contribution is 2.24. The summed E-state index contributed by atoms with van der Waals surface area (Å²) in [6.45, 7) is 1.54. The number of nitro benzene ring substituents is 1. The number of hydrogen-bond donors (Lipinski definition) is 2. The third kappa shape index (κ3) is 5.08. The van der Waals surface area contributed by atoms with E-state index in [1.54, 1.807) is 6.92 Å². The van der Waals surface area contributed by atoms with Gasteiger partial charge in [-0.05, 0) is 48.4 Å². The molecule has 32 heavy (non-hydrogen) atoms. The number of carboxylic acid groups (broad SMARTS) is 1. The number of carbonyl (C=O) groups is 2. The zero-order valence-corrected chi connectivity index (χ0v) is 17.4. The monoisotopic (exact) mass is 454 g/mol. The van der Waals surface area contributed by atoms with Crippen LogP contribution in [0.15, 0.2) is 71.6 Å². The minimum atomic E-state index is -4.16. The van der Waals surface area contributed by atoms with E-state index in [4.69, 9.17) is 0 Å². The molecule has 0 fully saturated rings. The smallest absolute Gasteiger partial charge is 0.271 e. The van der Waals surface area contributed by atoms with Crippen LogP contribution in [0.2, 0.25) is 0 Å². The maximum absolute atomic E-state index is 12.9. The lowest BCUT2D eigenvalue weighted by molar-refractivity contribution is -0.384. The Balaban J connectivity index is 1.85. The molecule has 0 aliphatic heterocycles. The third-order valence-electron chi connectivity index (χ3n) is 4.43. The van der Waals surface area contributed by atoms with E-state index >= 15 is 0 Å². The molecule has 10 nitrogen and oxygen atoms in total. The van der Waals surface area contributed by atoms with Crippen LogP contribution in [0.1, 0.15) is 26.3 Å². The summed E-state index contributed by atoms with van der Waals surface area (Å²) in [7, 11) is -4.16. The Bertz CT molecular complexity index is 1320. The molecule has 0 bridgehead atoms. The summed E-state index contributed by atoms with van der Waals surface area (Å²) in [6, 6.07) is 14.4. The maximum atomic E-state index is 12.9. The molecule has 3 aromatic rings. The summed E-state index contributed by atoms with van der Waals surface area (Å²) in [5, 5.41) is 24.3. The van der Waals surface area contributed by atoms with Crippen LogP contribution in [0, 0.1) is 17.0 Å². The number of rotatable bonds is 7. The number of benzene rings is 3. The van der Waals surface area contributed by atoms with Crippen LogP contribution in [0.25, 0.3) is 0 Å². The Kier molecular flexibility index (Phi) is 6.21. The number of aryl methyl sites for hydroxylation is 1. The lowest BCUT2D eigenvalue weighted by Crippen LogP contribution is -2.22. The number of amides is 1. The van der Waals surface area contributed by atoms with Crippen molar-refractivity contribution in [2.24, 2.45) is 0 Å². The van der Waals surface area contributed by atoms with Crippen molar-refractivity contribution in [3.05, 3.63) is 93.5 Å². The van der Waals surface area contributed by atoms with Gasteiger partial charge in [-0.1, -0.05) is 24.3 Å². The molecule has 3 aromatic carbocycles. The summed E-state index contributed by atoms with van der Waals surface area (Å²) in [5.74, 6) is -1.97. The lowest BCUT2D eigenvalue weighted by atomic mass is 10.1. The average molecular weight is 454 g/mol. The number of aromatic carboxylic acids is 1. The number of nitrogens with one attached hydrogen (secondary N) is 2. The molecule has 0 aliphatic rings. The molecule has 0 saturated carbocycles. The molecule has 0 radical (unpaired) electrons. The summed E-state index contributed by atoms with van der Waals surface area (Å²) in [6.07, 6.45) is 0. The van der Waals surface area contributed by atoms with Crippen LogP contribution in [0.4, 0.5) is 17.1 Å². The van der Waals surface area contributed by atoms with Crippen molar-refractivity contribution in [2.45, 2.75) is 11.8 Å². The Morgan fingerprint density at radius 1 is 0.906 bits per heavy atom. The summed E-state index contributed by atoms with van der Waals surface area (Å²) < 4.78 is 28.0. The second-order valence-corrected chi connectivity index (χ2v) is 8.36. The Labute approximate surface area is 182 Å². The highest BCUT2D eigenvalue weighted by molar-refractivity contribution is 7.92. The van der Waals surface area contributed by atoms with Crippen LogP contribution >= 0.6 is 0 Å². The van der Waals surface area contributed by atoms with Gasteiger partial charge in [-0.3, -0.25) is 19.6 Å². The highest BCUT2D eigenvalue weighted by Gasteiger charge is 2.20. The van der Waals surface area contributed by atoms with Gasteiger partial charge in [0.25, 0.3) is 21.6 Å². The minimum Gasteiger partial charge on any atom is -0.545 e. The molecule has 164 valence electrons. The van der Waals surface area contributed by atoms with E-state index in [2.05, 4.69) is 10.0 Å². The van der Waals surface area contributed by atoms with E-state index in [-0.39, 0.29) is 27.4 Å².